The van der Waals surface area contributed by atoms with Crippen molar-refractivity contribution >= 4 is 22.5 Å². The first kappa shape index (κ1) is 18.2. The molecule has 1 aliphatic heterocycles. The molecule has 1 aliphatic carbocycles. The third-order valence-electron chi connectivity index (χ3n) is 5.66. The molecule has 3 aromatic heterocycles. The average molecular weight is 393 g/mol. The van der Waals surface area contributed by atoms with Crippen molar-refractivity contribution in [3.63, 3.8) is 0 Å². The fourth-order valence-corrected chi connectivity index (χ4v) is 3.75. The number of nitrogens with zero attached hydrogens (tertiary/aromatic N) is 4. The van der Waals surface area contributed by atoms with Crippen LogP contribution >= 0.6 is 0 Å². The van der Waals surface area contributed by atoms with Gasteiger partial charge >= 0.3 is 0 Å². The van der Waals surface area contributed by atoms with E-state index in [1.165, 1.54) is 6.20 Å². The van der Waals surface area contributed by atoms with Gasteiger partial charge in [-0.2, -0.15) is 0 Å². The second-order valence-corrected chi connectivity index (χ2v) is 7.80. The van der Waals surface area contributed by atoms with Crippen molar-refractivity contribution in [2.75, 3.05) is 18.9 Å². The van der Waals surface area contributed by atoms with Gasteiger partial charge < -0.3 is 19.8 Å². The largest absolute Gasteiger partial charge is 0.397 e. The molecule has 0 aromatic carbocycles. The number of pyridine rings is 1. The number of nitrogens with two attached hydrogens (primary N) is 1. The molecule has 8 heteroatoms. The number of anilines is 1. The zero-order valence-electron chi connectivity index (χ0n) is 16.1. The van der Waals surface area contributed by atoms with Gasteiger partial charge in [-0.25, -0.2) is 9.97 Å². The van der Waals surface area contributed by atoms with Gasteiger partial charge in [-0.3, -0.25) is 9.78 Å². The van der Waals surface area contributed by atoms with Crippen LogP contribution < -0.4 is 5.73 Å². The third-order valence-corrected chi connectivity index (χ3v) is 5.66. The van der Waals surface area contributed by atoms with E-state index in [9.17, 15) is 4.79 Å². The van der Waals surface area contributed by atoms with E-state index in [2.05, 4.69) is 19.5 Å². The lowest BCUT2D eigenvalue weighted by molar-refractivity contribution is -0.169. The summed E-state index contributed by atoms with van der Waals surface area (Å²) in [6, 6.07) is 5.21. The summed E-state index contributed by atoms with van der Waals surface area (Å²) in [6.45, 7) is 1.34. The van der Waals surface area contributed by atoms with Gasteiger partial charge in [-0.1, -0.05) is 0 Å². The van der Waals surface area contributed by atoms with Crippen molar-refractivity contribution in [2.45, 2.75) is 43.9 Å². The van der Waals surface area contributed by atoms with Crippen molar-refractivity contribution in [1.82, 2.24) is 19.5 Å². The average Bonchev–Trinajstić information content (AvgIpc) is 3.43. The van der Waals surface area contributed by atoms with Crippen molar-refractivity contribution in [2.24, 2.45) is 0 Å². The molecule has 2 aliphatic rings. The number of hydrogen-bond donors (Lipinski definition) is 1. The Morgan fingerprint density at radius 3 is 2.86 bits per heavy atom. The number of hydrogen-bond acceptors (Lipinski definition) is 7. The lowest BCUT2D eigenvalue weighted by Gasteiger charge is -2.26. The summed E-state index contributed by atoms with van der Waals surface area (Å²) in [4.78, 5) is 25.7. The Balaban J connectivity index is 1.40. The first-order valence-corrected chi connectivity index (χ1v) is 9.99. The highest BCUT2D eigenvalue weighted by atomic mass is 16.7. The summed E-state index contributed by atoms with van der Waals surface area (Å²) < 4.78 is 13.9. The van der Waals surface area contributed by atoms with Crippen LogP contribution in [0.5, 0.6) is 0 Å². The minimum absolute atomic E-state index is 0.119. The Kier molecular flexibility index (Phi) is 4.52. The van der Waals surface area contributed by atoms with Crippen LogP contribution in [-0.2, 0) is 15.0 Å². The molecule has 150 valence electrons. The molecule has 0 bridgehead atoms. The lowest BCUT2D eigenvalue weighted by atomic mass is 10.2. The van der Waals surface area contributed by atoms with Gasteiger partial charge in [0.15, 0.2) is 6.29 Å². The van der Waals surface area contributed by atoms with Crippen LogP contribution in [0.15, 0.2) is 36.8 Å². The molecular formula is C21H23N5O3. The lowest BCUT2D eigenvalue weighted by Crippen LogP contribution is -2.30. The van der Waals surface area contributed by atoms with Gasteiger partial charge in [-0.05, 0) is 50.3 Å². The van der Waals surface area contributed by atoms with E-state index in [0.717, 1.165) is 49.7 Å². The van der Waals surface area contributed by atoms with Gasteiger partial charge in [0.2, 0.25) is 11.6 Å². The maximum absolute atomic E-state index is 12.8. The van der Waals surface area contributed by atoms with Crippen LogP contribution in [0.4, 0.5) is 5.69 Å². The molecule has 3 aromatic rings. The monoisotopic (exact) mass is 393 g/mol. The fourth-order valence-electron chi connectivity index (χ4n) is 3.75. The van der Waals surface area contributed by atoms with Crippen LogP contribution in [0.2, 0.25) is 0 Å². The molecule has 2 fully saturated rings. The number of carbonyl (C=O) groups is 1. The Hall–Kier alpha value is -2.84. The van der Waals surface area contributed by atoms with Crippen LogP contribution in [0.3, 0.4) is 0 Å². The normalized spacial score (nSPS) is 20.6. The van der Waals surface area contributed by atoms with E-state index in [1.54, 1.807) is 18.3 Å². The van der Waals surface area contributed by atoms with Crippen molar-refractivity contribution < 1.29 is 14.3 Å². The van der Waals surface area contributed by atoms with E-state index in [0.29, 0.717) is 12.3 Å². The minimum atomic E-state index is -0.323. The first-order valence-electron chi connectivity index (χ1n) is 9.99. The number of carbonyl (C=O) groups excluding carboxylic acids is 1. The molecule has 1 saturated heterocycles. The van der Waals surface area contributed by atoms with Crippen molar-refractivity contribution in [3.05, 3.63) is 48.3 Å². The zero-order chi connectivity index (χ0) is 19.8. The molecule has 1 atom stereocenters. The van der Waals surface area contributed by atoms with Gasteiger partial charge in [0.1, 0.15) is 11.3 Å². The summed E-state index contributed by atoms with van der Waals surface area (Å²) in [5, 5.41) is 0.895. The molecule has 0 spiro atoms. The zero-order valence-corrected chi connectivity index (χ0v) is 16.1. The van der Waals surface area contributed by atoms with Crippen LogP contribution in [0.1, 0.15) is 48.4 Å². The second kappa shape index (κ2) is 7.20. The summed E-state index contributed by atoms with van der Waals surface area (Å²) in [5.41, 5.74) is 7.04. The highest BCUT2D eigenvalue weighted by Crippen LogP contribution is 2.45. The molecule has 0 amide bonds. The molecule has 4 heterocycles. The molecule has 0 radical (unpaired) electrons. The number of fused-ring (bicyclic) bond motifs is 1. The quantitative estimate of drug-likeness (QED) is 0.642. The summed E-state index contributed by atoms with van der Waals surface area (Å²) in [6.07, 6.45) is 10.2. The van der Waals surface area contributed by atoms with Gasteiger partial charge in [0, 0.05) is 24.4 Å². The maximum atomic E-state index is 12.8. The van der Waals surface area contributed by atoms with Gasteiger partial charge in [-0.15, -0.1) is 0 Å². The minimum Gasteiger partial charge on any atom is -0.397 e. The van der Waals surface area contributed by atoms with Gasteiger partial charge in [0.25, 0.3) is 0 Å². The Morgan fingerprint density at radius 2 is 2.14 bits per heavy atom. The smallest absolute Gasteiger partial charge is 0.248 e. The molecule has 29 heavy (non-hydrogen) atoms. The van der Waals surface area contributed by atoms with Crippen LogP contribution in [0.25, 0.3) is 11.0 Å². The predicted octanol–water partition coefficient (Wildman–Crippen LogP) is 2.67. The summed E-state index contributed by atoms with van der Waals surface area (Å²) >= 11 is 0. The Labute approximate surface area is 168 Å². The van der Waals surface area contributed by atoms with E-state index in [-0.39, 0.29) is 29.1 Å². The molecule has 8 nitrogen and oxygen atoms in total. The summed E-state index contributed by atoms with van der Waals surface area (Å²) in [5.74, 6) is -0.196. The fraction of sp³-hybridized carbons (Fsp3) is 0.429. The maximum Gasteiger partial charge on any atom is 0.248 e. The summed E-state index contributed by atoms with van der Waals surface area (Å²) in [7, 11) is 0. The molecule has 5 rings (SSSR count). The standard InChI is InChI=1S/C21H23N5O3/c22-15-4-5-16(23-12-15)18(27)19-24-11-14-6-9-26(20(14)25-19)21(7-8-21)13-29-17-3-1-2-10-28-17/h4-6,9,11-12,17H,1-3,7-8,10,13,22H2. The van der Waals surface area contributed by atoms with E-state index in [4.69, 9.17) is 15.2 Å². The Bertz CT molecular complexity index is 1040. The predicted molar refractivity (Wildman–Crippen MR) is 106 cm³/mol. The number of ketones is 1. The molecule has 1 unspecified atom stereocenters. The number of ether oxygens (including phenoxy) is 2. The van der Waals surface area contributed by atoms with Crippen LogP contribution in [0, 0.1) is 0 Å². The highest BCUT2D eigenvalue weighted by Gasteiger charge is 2.46. The van der Waals surface area contributed by atoms with Gasteiger partial charge in [0.05, 0.1) is 24.0 Å². The SMILES string of the molecule is Nc1ccc(C(=O)c2ncc3ccn(C4(COC5CCCCO5)CC4)c3n2)nc1. The number of aromatic nitrogens is 4. The first-order chi connectivity index (χ1) is 14.1. The number of rotatable bonds is 6. The van der Waals surface area contributed by atoms with Crippen molar-refractivity contribution in [1.29, 1.82) is 0 Å². The topological polar surface area (TPSA) is 105 Å². The van der Waals surface area contributed by atoms with E-state index >= 15 is 0 Å². The van der Waals surface area contributed by atoms with Crippen LogP contribution in [-0.4, -0.2) is 44.8 Å². The van der Waals surface area contributed by atoms with E-state index < -0.39 is 0 Å². The molecular weight excluding hydrogens is 370 g/mol. The number of nitrogen functional groups attached to an aromatic ring is 1. The van der Waals surface area contributed by atoms with Crippen molar-refractivity contribution in [3.8, 4) is 0 Å². The highest BCUT2D eigenvalue weighted by molar-refractivity contribution is 6.05. The van der Waals surface area contributed by atoms with E-state index in [1.807, 2.05) is 12.3 Å². The molecule has 2 N–H and O–H groups in total. The third kappa shape index (κ3) is 3.49. The Morgan fingerprint density at radius 1 is 1.24 bits per heavy atom. The second-order valence-electron chi connectivity index (χ2n) is 7.80. The molecule has 1 saturated carbocycles.